The van der Waals surface area contributed by atoms with Gasteiger partial charge in [-0.25, -0.2) is 4.79 Å². The molecular formula is C41H56N6O9S. The minimum absolute atomic E-state index is 0.0468. The summed E-state index contributed by atoms with van der Waals surface area (Å²) in [5, 5.41) is 42.9. The molecule has 0 aromatic carbocycles. The number of aliphatic hydroxyl groups is 1. The van der Waals surface area contributed by atoms with Crippen LogP contribution in [0.3, 0.4) is 0 Å². The molecule has 1 aliphatic heterocycles. The Kier molecular flexibility index (Phi) is 13.6. The maximum atomic E-state index is 14.5. The summed E-state index contributed by atoms with van der Waals surface area (Å²) in [4.78, 5) is 69.2. The summed E-state index contributed by atoms with van der Waals surface area (Å²) >= 11 is 1.42. The minimum atomic E-state index is -2.21. The van der Waals surface area contributed by atoms with Gasteiger partial charge in [0.05, 0.1) is 4.75 Å². The van der Waals surface area contributed by atoms with Gasteiger partial charge in [-0.15, -0.1) is 11.8 Å². The summed E-state index contributed by atoms with van der Waals surface area (Å²) in [7, 11) is 3.53. The number of nitrogens with zero attached hydrogens (tertiary/aromatic N) is 1. The summed E-state index contributed by atoms with van der Waals surface area (Å²) in [5.41, 5.74) is 3.56. The van der Waals surface area contributed by atoms with Gasteiger partial charge in [-0.05, 0) is 93.3 Å². The fraction of sp³-hybridized carbons (Fsp3) is 0.610. The van der Waals surface area contributed by atoms with Crippen LogP contribution < -0.4 is 26.6 Å². The number of pyridine rings is 1. The highest BCUT2D eigenvalue weighted by molar-refractivity contribution is 8.01. The molecule has 1 aromatic rings. The number of hydrogen-bond acceptors (Lipinski definition) is 12. The number of esters is 1. The van der Waals surface area contributed by atoms with Crippen LogP contribution in [0.15, 0.2) is 59.2 Å². The number of amides is 2. The molecule has 2 bridgehead atoms. The molecule has 1 fully saturated rings. The molecule has 15 nitrogen and oxygen atoms in total. The molecule has 5 aliphatic rings. The van der Waals surface area contributed by atoms with Gasteiger partial charge in [0, 0.05) is 43.2 Å². The number of carbonyl (C=O) groups is 5. The number of aliphatic carboxylic acids is 2. The smallest absolute Gasteiger partial charge is 0.353 e. The number of aliphatic hydroxyl groups excluding tert-OH is 1. The number of nitrogens with one attached hydrogen (secondary N) is 5. The van der Waals surface area contributed by atoms with E-state index < -0.39 is 58.1 Å². The molecule has 8 N–H and O–H groups in total. The van der Waals surface area contributed by atoms with Crippen molar-refractivity contribution in [3.63, 3.8) is 0 Å². The van der Waals surface area contributed by atoms with Crippen molar-refractivity contribution in [1.29, 1.82) is 0 Å². The molecule has 2 amide bonds. The first-order valence-electron chi connectivity index (χ1n) is 20.1. The third-order valence-electron chi connectivity index (χ3n) is 12.6. The van der Waals surface area contributed by atoms with Crippen molar-refractivity contribution in [3.8, 4) is 0 Å². The number of aromatic nitrogens is 1. The Morgan fingerprint density at radius 3 is 2.30 bits per heavy atom. The molecule has 6 unspecified atom stereocenters. The Morgan fingerprint density at radius 1 is 0.930 bits per heavy atom. The molecule has 2 spiro atoms. The molecule has 6 rings (SSSR count). The van der Waals surface area contributed by atoms with Gasteiger partial charge < -0.3 is 41.3 Å². The van der Waals surface area contributed by atoms with Crippen LogP contribution in [-0.2, 0) is 35.1 Å². The molecule has 6 atom stereocenters. The second kappa shape index (κ2) is 18.2. The lowest BCUT2D eigenvalue weighted by atomic mass is 9.55. The van der Waals surface area contributed by atoms with Crippen molar-refractivity contribution in [2.45, 2.75) is 107 Å². The Bertz CT molecular complexity index is 1800. The Balaban J connectivity index is 1.40. The number of hydrogen-bond donors (Lipinski definition) is 8. The van der Waals surface area contributed by atoms with Crippen LogP contribution in [-0.4, -0.2) is 106 Å². The van der Waals surface area contributed by atoms with Crippen LogP contribution in [0, 0.1) is 16.7 Å². The third-order valence-corrected chi connectivity index (χ3v) is 14.3. The van der Waals surface area contributed by atoms with E-state index in [0.29, 0.717) is 18.7 Å². The number of carboxylic acids is 2. The largest absolute Gasteiger partial charge is 0.480 e. The quantitative estimate of drug-likeness (QED) is 0.0606. The van der Waals surface area contributed by atoms with Gasteiger partial charge in [-0.2, -0.15) is 0 Å². The highest BCUT2D eigenvalue weighted by Crippen LogP contribution is 2.68. The minimum Gasteiger partial charge on any atom is -0.480 e. The average molecular weight is 809 g/mol. The second-order valence-electron chi connectivity index (χ2n) is 16.1. The van der Waals surface area contributed by atoms with E-state index in [2.05, 4.69) is 43.7 Å². The fourth-order valence-corrected chi connectivity index (χ4v) is 11.6. The van der Waals surface area contributed by atoms with E-state index in [1.165, 1.54) is 17.3 Å². The molecule has 1 aromatic heterocycles. The molecular weight excluding hydrogens is 753 g/mol. The van der Waals surface area contributed by atoms with Crippen molar-refractivity contribution < 1.29 is 44.0 Å². The maximum Gasteiger partial charge on any atom is 0.353 e. The van der Waals surface area contributed by atoms with Crippen LogP contribution >= 0.6 is 11.8 Å². The zero-order chi connectivity index (χ0) is 40.8. The van der Waals surface area contributed by atoms with Crippen LogP contribution in [0.5, 0.6) is 0 Å². The van der Waals surface area contributed by atoms with Crippen molar-refractivity contribution in [1.82, 2.24) is 31.6 Å². The maximum absolute atomic E-state index is 14.5. The number of fused-ring (bicyclic) bond motifs is 3. The van der Waals surface area contributed by atoms with Crippen LogP contribution in [0.4, 0.5) is 0 Å². The Hall–Kier alpha value is -4.09. The molecule has 57 heavy (non-hydrogen) atoms. The molecule has 310 valence electrons. The second-order valence-corrected chi connectivity index (χ2v) is 17.3. The number of carboxylic acid groups (broad SMARTS) is 2. The number of rotatable bonds is 18. The fourth-order valence-electron chi connectivity index (χ4n) is 9.91. The SMILES string of the molecule is CNCNC(CCC(=O)NC(CSC12C=CC3(CCCCCC14CCCC4)CC(Cc1ccncc1)=C(CNC)C1C(=O)OC2=C13)C(=O)NC(O)C(=O)O)C(=O)O. The molecule has 0 saturated heterocycles. The van der Waals surface area contributed by atoms with Gasteiger partial charge in [0.25, 0.3) is 0 Å². The van der Waals surface area contributed by atoms with E-state index in [-0.39, 0.29) is 36.6 Å². The summed E-state index contributed by atoms with van der Waals surface area (Å²) in [5.74, 6) is -4.61. The monoisotopic (exact) mass is 808 g/mol. The zero-order valence-electron chi connectivity index (χ0n) is 32.7. The van der Waals surface area contributed by atoms with Crippen molar-refractivity contribution in [2.24, 2.45) is 16.7 Å². The topological polar surface area (TPSA) is 228 Å². The van der Waals surface area contributed by atoms with Gasteiger partial charge in [0.2, 0.25) is 18.0 Å². The number of thioether (sulfide) groups is 1. The first-order chi connectivity index (χ1) is 27.4. The molecule has 4 aliphatic carbocycles. The first-order valence-corrected chi connectivity index (χ1v) is 21.0. The predicted molar refractivity (Wildman–Crippen MR) is 212 cm³/mol. The lowest BCUT2D eigenvalue weighted by Gasteiger charge is -2.53. The molecule has 0 radical (unpaired) electrons. The Labute approximate surface area is 337 Å². The highest BCUT2D eigenvalue weighted by Gasteiger charge is 2.64. The predicted octanol–water partition coefficient (Wildman–Crippen LogP) is 2.53. The Morgan fingerprint density at radius 2 is 1.63 bits per heavy atom. The average Bonchev–Trinajstić information content (AvgIpc) is 3.82. The van der Waals surface area contributed by atoms with Gasteiger partial charge in [0.15, 0.2) is 0 Å². The summed E-state index contributed by atoms with van der Waals surface area (Å²) < 4.78 is 5.73. The standard InChI is InChI=1S/C41H56N6O9S/c1-42-22-27-26(20-25-10-18-44-19-11-25)21-39-12-4-3-5-13-40(14-6-7-15-40)41(17-16-39,33-32(39)31(27)38(55)56-33)57-23-29(34(49)47-35(50)37(53)54)46-30(48)9-8-28(36(51)52)45-24-43-2/h10-11,16-19,28-29,31,35,42-43,45,50H,3-9,12-15,20-24H2,1-2H3,(H,46,48)(H,47,49)(H,51,52)(H,53,54). The first kappa shape index (κ1) is 42.5. The number of likely N-dealkylation sites (N-methyl/N-ethyl adjacent to an activating group) is 1. The lowest BCUT2D eigenvalue weighted by molar-refractivity contribution is -0.151. The zero-order valence-corrected chi connectivity index (χ0v) is 33.6. The molecule has 1 saturated carbocycles. The number of ether oxygens (including phenoxy) is 1. The van der Waals surface area contributed by atoms with E-state index in [1.54, 1.807) is 19.4 Å². The van der Waals surface area contributed by atoms with Crippen LogP contribution in [0.1, 0.15) is 82.6 Å². The van der Waals surface area contributed by atoms with E-state index in [1.807, 2.05) is 19.2 Å². The van der Waals surface area contributed by atoms with Crippen molar-refractivity contribution in [2.75, 3.05) is 33.1 Å². The van der Waals surface area contributed by atoms with Gasteiger partial charge in [-0.1, -0.05) is 49.8 Å². The van der Waals surface area contributed by atoms with E-state index in [0.717, 1.165) is 80.9 Å². The van der Waals surface area contributed by atoms with Crippen LogP contribution in [0.2, 0.25) is 0 Å². The van der Waals surface area contributed by atoms with Gasteiger partial charge in [-0.3, -0.25) is 29.5 Å². The van der Waals surface area contributed by atoms with Gasteiger partial charge in [0.1, 0.15) is 23.8 Å². The number of allylic oxidation sites excluding steroid dienone is 2. The van der Waals surface area contributed by atoms with E-state index in [4.69, 9.17) is 4.74 Å². The van der Waals surface area contributed by atoms with Gasteiger partial charge >= 0.3 is 17.9 Å². The third kappa shape index (κ3) is 8.70. The van der Waals surface area contributed by atoms with Crippen molar-refractivity contribution in [3.05, 3.63) is 64.7 Å². The number of carbonyl (C=O) groups excluding carboxylic acids is 3. The van der Waals surface area contributed by atoms with Crippen LogP contribution in [0.25, 0.3) is 0 Å². The summed E-state index contributed by atoms with van der Waals surface area (Å²) in [6.07, 6.45) is 15.5. The summed E-state index contributed by atoms with van der Waals surface area (Å²) in [6.45, 7) is 0.711. The van der Waals surface area contributed by atoms with E-state index in [9.17, 15) is 39.3 Å². The normalized spacial score (nSPS) is 26.4. The van der Waals surface area contributed by atoms with Crippen molar-refractivity contribution >= 4 is 41.5 Å². The van der Waals surface area contributed by atoms with E-state index >= 15 is 0 Å². The summed E-state index contributed by atoms with van der Waals surface area (Å²) in [6, 6.07) is 1.67. The lowest BCUT2D eigenvalue weighted by Crippen LogP contribution is -2.54. The molecule has 2 heterocycles. The highest BCUT2D eigenvalue weighted by atomic mass is 32.2. The molecule has 16 heteroatoms.